The van der Waals surface area contributed by atoms with Crippen LogP contribution in [0.2, 0.25) is 0 Å². The summed E-state index contributed by atoms with van der Waals surface area (Å²) in [6.07, 6.45) is -0.775. The number of benzene rings is 1. The van der Waals surface area contributed by atoms with Crippen LogP contribution in [0.15, 0.2) is 24.3 Å². The summed E-state index contributed by atoms with van der Waals surface area (Å²) in [5.74, 6) is -1.56. The van der Waals surface area contributed by atoms with E-state index in [0.717, 1.165) is 5.56 Å². The van der Waals surface area contributed by atoms with Gasteiger partial charge in [-0.1, -0.05) is 18.2 Å². The Balaban J connectivity index is 1.83. The molecule has 3 rings (SSSR count). The van der Waals surface area contributed by atoms with Crippen LogP contribution in [0.5, 0.6) is 0 Å². The lowest BCUT2D eigenvalue weighted by Crippen LogP contribution is -2.57. The summed E-state index contributed by atoms with van der Waals surface area (Å²) in [4.78, 5) is 51.7. The molecule has 1 aromatic carbocycles. The zero-order valence-electron chi connectivity index (χ0n) is 14.4. The van der Waals surface area contributed by atoms with Gasteiger partial charge in [-0.3, -0.25) is 14.4 Å². The van der Waals surface area contributed by atoms with Crippen molar-refractivity contribution >= 4 is 23.8 Å². The van der Waals surface area contributed by atoms with Gasteiger partial charge in [0.1, 0.15) is 11.6 Å². The normalized spacial score (nSPS) is 20.8. The van der Waals surface area contributed by atoms with Crippen molar-refractivity contribution in [3.63, 3.8) is 0 Å². The lowest BCUT2D eigenvalue weighted by molar-refractivity contribution is -0.150. The molecule has 1 fully saturated rings. The van der Waals surface area contributed by atoms with Gasteiger partial charge in [-0.15, -0.1) is 0 Å². The summed E-state index contributed by atoms with van der Waals surface area (Å²) in [6.45, 7) is 5.26. The minimum Gasteiger partial charge on any atom is -0.443 e. The number of rotatable bonds is 1. The molecule has 0 saturated carbocycles. The molecule has 7 nitrogen and oxygen atoms in total. The molecule has 2 aliphatic heterocycles. The molecule has 0 spiro atoms. The van der Waals surface area contributed by atoms with Crippen LogP contribution < -0.4 is 0 Å². The molecule has 1 atom stereocenters. The average Bonchev–Trinajstić information content (AvgIpc) is 2.83. The number of fused-ring (bicyclic) bond motifs is 1. The monoisotopic (exact) mass is 344 g/mol. The quantitative estimate of drug-likeness (QED) is 0.729. The lowest BCUT2D eigenvalue weighted by Gasteiger charge is -2.35. The SMILES string of the molecule is CC(C)(C)OC(=O)N1C(=O)CCC(N2Cc3ccccc3C2=O)C1=O. The third-order valence-electron chi connectivity index (χ3n) is 4.19. The van der Waals surface area contributed by atoms with Gasteiger partial charge < -0.3 is 9.64 Å². The molecule has 25 heavy (non-hydrogen) atoms. The maximum absolute atomic E-state index is 12.8. The summed E-state index contributed by atoms with van der Waals surface area (Å²) >= 11 is 0. The van der Waals surface area contributed by atoms with Gasteiger partial charge in [0.05, 0.1) is 0 Å². The van der Waals surface area contributed by atoms with E-state index in [9.17, 15) is 19.2 Å². The fourth-order valence-corrected chi connectivity index (χ4v) is 3.08. The Hall–Kier alpha value is -2.70. The minimum absolute atomic E-state index is 0.00970. The second-order valence-corrected chi connectivity index (χ2v) is 7.19. The summed E-state index contributed by atoms with van der Waals surface area (Å²) in [5.41, 5.74) is 0.557. The molecule has 0 aromatic heterocycles. The van der Waals surface area contributed by atoms with E-state index in [1.54, 1.807) is 32.9 Å². The standard InChI is InChI=1S/C18H20N2O5/c1-18(2,3)25-17(24)20-14(21)9-8-13(16(20)23)19-10-11-6-4-5-7-12(11)15(19)22/h4-7,13H,8-10H2,1-3H3. The number of amides is 4. The molecule has 0 radical (unpaired) electrons. The maximum Gasteiger partial charge on any atom is 0.424 e. The fourth-order valence-electron chi connectivity index (χ4n) is 3.08. The molecule has 4 amide bonds. The number of imide groups is 3. The number of ether oxygens (including phenoxy) is 1. The van der Waals surface area contributed by atoms with Crippen molar-refractivity contribution in [2.45, 2.75) is 51.8 Å². The van der Waals surface area contributed by atoms with Crippen LogP contribution >= 0.6 is 0 Å². The van der Waals surface area contributed by atoms with Crippen molar-refractivity contribution in [2.75, 3.05) is 0 Å². The van der Waals surface area contributed by atoms with Gasteiger partial charge in [0.15, 0.2) is 0 Å². The number of piperidine rings is 1. The van der Waals surface area contributed by atoms with E-state index >= 15 is 0 Å². The number of carbonyl (C=O) groups is 4. The predicted octanol–water partition coefficient (Wildman–Crippen LogP) is 2.10. The zero-order valence-corrected chi connectivity index (χ0v) is 14.4. The van der Waals surface area contributed by atoms with Crippen molar-refractivity contribution in [3.05, 3.63) is 35.4 Å². The second-order valence-electron chi connectivity index (χ2n) is 7.19. The van der Waals surface area contributed by atoms with Crippen LogP contribution in [0.3, 0.4) is 0 Å². The van der Waals surface area contributed by atoms with Crippen molar-refractivity contribution in [3.8, 4) is 0 Å². The number of nitrogens with zero attached hydrogens (tertiary/aromatic N) is 2. The molecule has 132 valence electrons. The first kappa shape index (κ1) is 17.1. The summed E-state index contributed by atoms with van der Waals surface area (Å²) < 4.78 is 5.16. The van der Waals surface area contributed by atoms with E-state index < -0.39 is 29.6 Å². The van der Waals surface area contributed by atoms with Crippen molar-refractivity contribution in [1.29, 1.82) is 0 Å². The molecular weight excluding hydrogens is 324 g/mol. The van der Waals surface area contributed by atoms with Gasteiger partial charge in [-0.2, -0.15) is 4.90 Å². The minimum atomic E-state index is -0.989. The first-order valence-corrected chi connectivity index (χ1v) is 8.17. The summed E-state index contributed by atoms with van der Waals surface area (Å²) in [5, 5.41) is 0. The number of hydrogen-bond acceptors (Lipinski definition) is 5. The predicted molar refractivity (Wildman–Crippen MR) is 87.4 cm³/mol. The Bertz CT molecular complexity index is 765. The van der Waals surface area contributed by atoms with Crippen molar-refractivity contribution in [2.24, 2.45) is 0 Å². The highest BCUT2D eigenvalue weighted by Crippen LogP contribution is 2.29. The molecule has 0 aliphatic carbocycles. The Kier molecular flexibility index (Phi) is 4.10. The van der Waals surface area contributed by atoms with Gasteiger partial charge in [-0.25, -0.2) is 4.79 Å². The van der Waals surface area contributed by atoms with E-state index in [0.29, 0.717) is 17.0 Å². The molecule has 7 heteroatoms. The van der Waals surface area contributed by atoms with E-state index in [1.807, 2.05) is 12.1 Å². The van der Waals surface area contributed by atoms with Crippen LogP contribution in [-0.2, 0) is 20.9 Å². The third-order valence-corrected chi connectivity index (χ3v) is 4.19. The second kappa shape index (κ2) is 5.98. The van der Waals surface area contributed by atoms with E-state index in [4.69, 9.17) is 4.74 Å². The van der Waals surface area contributed by atoms with Crippen LogP contribution in [-0.4, -0.2) is 45.3 Å². The first-order valence-electron chi connectivity index (χ1n) is 8.17. The highest BCUT2D eigenvalue weighted by Gasteiger charge is 2.46. The van der Waals surface area contributed by atoms with Crippen molar-refractivity contribution in [1.82, 2.24) is 9.80 Å². The zero-order chi connectivity index (χ0) is 18.4. The van der Waals surface area contributed by atoms with Crippen LogP contribution in [0, 0.1) is 0 Å². The Labute approximate surface area is 145 Å². The summed E-state index contributed by atoms with van der Waals surface area (Å²) in [6, 6.07) is 6.29. The van der Waals surface area contributed by atoms with Gasteiger partial charge in [0.25, 0.3) is 11.8 Å². The van der Waals surface area contributed by atoms with Gasteiger partial charge in [-0.05, 0) is 38.8 Å². The van der Waals surface area contributed by atoms with Crippen LogP contribution in [0.1, 0.15) is 49.5 Å². The molecule has 0 N–H and O–H groups in total. The van der Waals surface area contributed by atoms with Crippen LogP contribution in [0.4, 0.5) is 4.79 Å². The first-order chi connectivity index (χ1) is 11.7. The molecule has 1 saturated heterocycles. The molecular formula is C18H20N2O5. The van der Waals surface area contributed by atoms with E-state index in [2.05, 4.69) is 0 Å². The molecule has 2 heterocycles. The topological polar surface area (TPSA) is 84.0 Å². The molecule has 1 unspecified atom stereocenters. The van der Waals surface area contributed by atoms with E-state index in [1.165, 1.54) is 4.90 Å². The van der Waals surface area contributed by atoms with Gasteiger partial charge in [0, 0.05) is 18.5 Å². The molecule has 1 aromatic rings. The molecule has 0 bridgehead atoms. The highest BCUT2D eigenvalue weighted by atomic mass is 16.6. The fraction of sp³-hybridized carbons (Fsp3) is 0.444. The Morgan fingerprint density at radius 3 is 2.48 bits per heavy atom. The van der Waals surface area contributed by atoms with E-state index in [-0.39, 0.29) is 18.7 Å². The smallest absolute Gasteiger partial charge is 0.424 e. The average molecular weight is 344 g/mol. The highest BCUT2D eigenvalue weighted by molar-refractivity contribution is 6.13. The maximum atomic E-state index is 12.8. The Morgan fingerprint density at radius 2 is 1.84 bits per heavy atom. The number of carbonyl (C=O) groups excluding carboxylic acids is 4. The van der Waals surface area contributed by atoms with Crippen molar-refractivity contribution < 1.29 is 23.9 Å². The van der Waals surface area contributed by atoms with Gasteiger partial charge >= 0.3 is 6.09 Å². The third kappa shape index (κ3) is 3.14. The number of likely N-dealkylation sites (tertiary alicyclic amines) is 1. The Morgan fingerprint density at radius 1 is 1.16 bits per heavy atom. The molecule has 2 aliphatic rings. The van der Waals surface area contributed by atoms with Crippen LogP contribution in [0.25, 0.3) is 0 Å². The summed E-state index contributed by atoms with van der Waals surface area (Å²) in [7, 11) is 0. The number of hydrogen-bond donors (Lipinski definition) is 0. The largest absolute Gasteiger partial charge is 0.443 e. The lowest BCUT2D eigenvalue weighted by atomic mass is 10.0. The van der Waals surface area contributed by atoms with Gasteiger partial charge in [0.2, 0.25) is 5.91 Å².